The molecule has 0 atom stereocenters. The maximum Gasteiger partial charge on any atom is 0.416 e. The highest BCUT2D eigenvalue weighted by Crippen LogP contribution is 2.37. The van der Waals surface area contributed by atoms with Crippen LogP contribution in [0.4, 0.5) is 13.2 Å². The van der Waals surface area contributed by atoms with Crippen molar-refractivity contribution < 1.29 is 26.8 Å². The number of ketones is 1. The molecule has 0 bridgehead atoms. The topological polar surface area (TPSA) is 43.4 Å². The summed E-state index contributed by atoms with van der Waals surface area (Å²) in [6.45, 7) is 0. The van der Waals surface area contributed by atoms with Gasteiger partial charge in [-0.1, -0.05) is 40.9 Å². The Kier molecular flexibility index (Phi) is 6.43. The van der Waals surface area contributed by atoms with Crippen molar-refractivity contribution in [1.29, 1.82) is 0 Å². The lowest BCUT2D eigenvalue weighted by molar-refractivity contribution is -0.137. The van der Waals surface area contributed by atoms with Crippen molar-refractivity contribution >= 4 is 46.7 Å². The Labute approximate surface area is 201 Å². The van der Waals surface area contributed by atoms with E-state index in [0.29, 0.717) is 21.4 Å². The standard InChI is InChI=1S/C24H12Cl3F3O3/c25-17-7-4-13(24(28,29)30)12-16(17)21-9-6-14(32-21)5-8-19(31)22-11-10-20(33-22)15-2-1-3-18(26)23(15)27/h1-12H. The van der Waals surface area contributed by atoms with Gasteiger partial charge in [-0.25, -0.2) is 0 Å². The Bertz CT molecular complexity index is 1370. The van der Waals surface area contributed by atoms with Gasteiger partial charge >= 0.3 is 6.18 Å². The molecule has 0 radical (unpaired) electrons. The molecule has 0 amide bonds. The summed E-state index contributed by atoms with van der Waals surface area (Å²) in [4.78, 5) is 12.5. The second kappa shape index (κ2) is 9.14. The van der Waals surface area contributed by atoms with Crippen LogP contribution in [0.5, 0.6) is 0 Å². The Morgan fingerprint density at radius 1 is 0.818 bits per heavy atom. The number of rotatable bonds is 5. The average Bonchev–Trinajstić information content (AvgIpc) is 3.43. The molecule has 33 heavy (non-hydrogen) atoms. The Morgan fingerprint density at radius 3 is 2.30 bits per heavy atom. The Balaban J connectivity index is 1.53. The van der Waals surface area contributed by atoms with E-state index in [0.717, 1.165) is 18.2 Å². The van der Waals surface area contributed by atoms with Gasteiger partial charge in [-0.05, 0) is 66.7 Å². The van der Waals surface area contributed by atoms with E-state index in [1.54, 1.807) is 24.3 Å². The lowest BCUT2D eigenvalue weighted by atomic mass is 10.1. The summed E-state index contributed by atoms with van der Waals surface area (Å²) >= 11 is 18.2. The van der Waals surface area contributed by atoms with Gasteiger partial charge in [0, 0.05) is 11.1 Å². The van der Waals surface area contributed by atoms with Gasteiger partial charge in [-0.2, -0.15) is 13.2 Å². The van der Waals surface area contributed by atoms with Crippen LogP contribution < -0.4 is 0 Å². The van der Waals surface area contributed by atoms with E-state index >= 15 is 0 Å². The van der Waals surface area contributed by atoms with E-state index in [-0.39, 0.29) is 27.9 Å². The number of halogens is 6. The van der Waals surface area contributed by atoms with Crippen LogP contribution in [-0.4, -0.2) is 5.78 Å². The highest BCUT2D eigenvalue weighted by atomic mass is 35.5. The van der Waals surface area contributed by atoms with E-state index in [9.17, 15) is 18.0 Å². The SMILES string of the molecule is O=C(C=Cc1ccc(-c2cc(C(F)(F)F)ccc2Cl)o1)c1ccc(-c2cccc(Cl)c2Cl)o1. The minimum atomic E-state index is -4.52. The van der Waals surface area contributed by atoms with E-state index < -0.39 is 17.5 Å². The minimum Gasteiger partial charge on any atom is -0.457 e. The number of carbonyl (C=O) groups is 1. The molecule has 0 fully saturated rings. The van der Waals surface area contributed by atoms with Crippen LogP contribution in [0.2, 0.25) is 15.1 Å². The van der Waals surface area contributed by atoms with Crippen LogP contribution in [0, 0.1) is 0 Å². The number of hydrogen-bond acceptors (Lipinski definition) is 3. The normalized spacial score (nSPS) is 11.9. The summed E-state index contributed by atoms with van der Waals surface area (Å²) in [7, 11) is 0. The summed E-state index contributed by atoms with van der Waals surface area (Å²) in [6.07, 6.45) is -1.92. The summed E-state index contributed by atoms with van der Waals surface area (Å²) in [5, 5.41) is 0.763. The second-order valence-corrected chi connectivity index (χ2v) is 8.05. The minimum absolute atomic E-state index is 0.0602. The lowest BCUT2D eigenvalue weighted by Gasteiger charge is -2.09. The zero-order chi connectivity index (χ0) is 23.8. The van der Waals surface area contributed by atoms with Gasteiger partial charge in [-0.3, -0.25) is 4.79 Å². The third-order valence-electron chi connectivity index (χ3n) is 4.65. The summed E-state index contributed by atoms with van der Waals surface area (Å²) < 4.78 is 50.1. The summed E-state index contributed by atoms with van der Waals surface area (Å²) in [5.41, 5.74) is -0.216. The van der Waals surface area contributed by atoms with Crippen molar-refractivity contribution in [2.75, 3.05) is 0 Å². The van der Waals surface area contributed by atoms with E-state index in [2.05, 4.69) is 0 Å². The van der Waals surface area contributed by atoms with Crippen LogP contribution in [0.3, 0.4) is 0 Å². The fourth-order valence-electron chi connectivity index (χ4n) is 3.03. The first-order valence-electron chi connectivity index (χ1n) is 9.37. The van der Waals surface area contributed by atoms with Gasteiger partial charge in [0.05, 0.1) is 20.6 Å². The molecule has 2 heterocycles. The van der Waals surface area contributed by atoms with Crippen molar-refractivity contribution in [2.24, 2.45) is 0 Å². The van der Waals surface area contributed by atoms with Gasteiger partial charge in [0.15, 0.2) is 5.76 Å². The van der Waals surface area contributed by atoms with Gasteiger partial charge < -0.3 is 8.83 Å². The monoisotopic (exact) mass is 510 g/mol. The number of allylic oxidation sites excluding steroid dienone is 1. The van der Waals surface area contributed by atoms with Gasteiger partial charge in [-0.15, -0.1) is 0 Å². The number of benzene rings is 2. The van der Waals surface area contributed by atoms with Crippen LogP contribution >= 0.6 is 34.8 Å². The Hall–Kier alpha value is -2.93. The molecule has 168 valence electrons. The maximum atomic E-state index is 13.0. The second-order valence-electron chi connectivity index (χ2n) is 6.86. The third-order valence-corrected chi connectivity index (χ3v) is 5.80. The first-order valence-corrected chi connectivity index (χ1v) is 10.5. The highest BCUT2D eigenvalue weighted by Gasteiger charge is 2.31. The highest BCUT2D eigenvalue weighted by molar-refractivity contribution is 6.43. The van der Waals surface area contributed by atoms with Gasteiger partial charge in [0.1, 0.15) is 17.3 Å². The first kappa shape index (κ1) is 23.2. The number of hydrogen-bond donors (Lipinski definition) is 0. The molecule has 4 aromatic rings. The van der Waals surface area contributed by atoms with E-state index in [1.807, 2.05) is 0 Å². The fraction of sp³-hybridized carbons (Fsp3) is 0.0417. The quantitative estimate of drug-likeness (QED) is 0.198. The van der Waals surface area contributed by atoms with E-state index in [4.69, 9.17) is 43.6 Å². The molecule has 4 rings (SSSR count). The maximum absolute atomic E-state index is 13.0. The first-order chi connectivity index (χ1) is 15.6. The molecular formula is C24H12Cl3F3O3. The third kappa shape index (κ3) is 5.03. The molecule has 2 aromatic heterocycles. The average molecular weight is 512 g/mol. The van der Waals surface area contributed by atoms with Crippen molar-refractivity contribution in [3.05, 3.63) is 98.9 Å². The predicted molar refractivity (Wildman–Crippen MR) is 122 cm³/mol. The molecular weight excluding hydrogens is 500 g/mol. The van der Waals surface area contributed by atoms with Gasteiger partial charge in [0.25, 0.3) is 0 Å². The number of carbonyl (C=O) groups excluding carboxylic acids is 1. The van der Waals surface area contributed by atoms with Crippen molar-refractivity contribution in [2.45, 2.75) is 6.18 Å². The van der Waals surface area contributed by atoms with Crippen molar-refractivity contribution in [3.8, 4) is 22.6 Å². The van der Waals surface area contributed by atoms with Crippen LogP contribution in [0.15, 0.2) is 75.6 Å². The molecule has 9 heteroatoms. The smallest absolute Gasteiger partial charge is 0.416 e. The zero-order valence-corrected chi connectivity index (χ0v) is 18.7. The molecule has 0 aliphatic rings. The number of furan rings is 2. The van der Waals surface area contributed by atoms with Crippen LogP contribution in [-0.2, 0) is 6.18 Å². The van der Waals surface area contributed by atoms with Crippen LogP contribution in [0.25, 0.3) is 28.7 Å². The predicted octanol–water partition coefficient (Wildman–Crippen LogP) is 9.08. The molecule has 0 saturated carbocycles. The zero-order valence-electron chi connectivity index (χ0n) is 16.4. The molecule has 2 aromatic carbocycles. The van der Waals surface area contributed by atoms with Crippen molar-refractivity contribution in [1.82, 2.24) is 0 Å². The molecule has 0 aliphatic carbocycles. The van der Waals surface area contributed by atoms with Crippen LogP contribution in [0.1, 0.15) is 21.9 Å². The fourth-order valence-corrected chi connectivity index (χ4v) is 3.63. The van der Waals surface area contributed by atoms with E-state index in [1.165, 1.54) is 30.4 Å². The number of alkyl halides is 3. The molecule has 0 aliphatic heterocycles. The van der Waals surface area contributed by atoms with Gasteiger partial charge in [0.2, 0.25) is 5.78 Å². The molecule has 0 unspecified atom stereocenters. The lowest BCUT2D eigenvalue weighted by Crippen LogP contribution is -2.04. The summed E-state index contributed by atoms with van der Waals surface area (Å²) in [6, 6.07) is 14.1. The molecule has 0 saturated heterocycles. The molecule has 3 nitrogen and oxygen atoms in total. The largest absolute Gasteiger partial charge is 0.457 e. The Morgan fingerprint density at radius 2 is 1.55 bits per heavy atom. The van der Waals surface area contributed by atoms with Crippen molar-refractivity contribution in [3.63, 3.8) is 0 Å². The molecule has 0 spiro atoms. The molecule has 0 N–H and O–H groups in total. The summed E-state index contributed by atoms with van der Waals surface area (Å²) in [5.74, 6) is 0.365.